The number of benzene rings is 2. The van der Waals surface area contributed by atoms with Gasteiger partial charge >= 0.3 is 30.4 Å². The number of nitrogens with zero attached hydrogens (tertiary/aromatic N) is 1. The van der Waals surface area contributed by atoms with Gasteiger partial charge in [-0.2, -0.15) is 13.2 Å². The molecule has 0 radical (unpaired) electrons. The SMILES string of the molecule is COc1cc2cc(c1Cl)N(C)C(=O)C[C@H](OC(=O)Nc1ccc(NC(=O)[C@H](CCCNC(N)=O)NC(=O)[C@@H](NC(C=O)CCCC(C)(C)OC(=O)C(CBr)CBr)C(C)C)c(C(F)(F)F)c1)[C@]1(C)O[C@H]1[C@H](C)[C@@H]1C[C@@](O)(NC(=O)O1)[C@H](OC)/C=C/C=C(\C)C2. The number of alkyl halides is 5. The average Bonchev–Trinajstić information content (AvgIpc) is 2.18. The average molecular weight is 1390 g/mol. The van der Waals surface area contributed by atoms with Crippen molar-refractivity contribution in [2.24, 2.45) is 23.5 Å². The monoisotopic (exact) mass is 1390 g/mol. The number of hydrogen-bond acceptors (Lipinski definition) is 16. The predicted octanol–water partition coefficient (Wildman–Crippen LogP) is 8.34. The van der Waals surface area contributed by atoms with E-state index in [1.54, 1.807) is 65.0 Å². The van der Waals surface area contributed by atoms with Crippen molar-refractivity contribution < 1.29 is 85.1 Å². The first kappa shape index (κ1) is 72.7. The fraction of sp³-hybridized carbons (Fsp3) is 0.593. The molecular formula is C59H80Br2ClF3N8O15. The first-order valence-electron chi connectivity index (χ1n) is 28.5. The summed E-state index contributed by atoms with van der Waals surface area (Å²) in [7, 11) is 4.20. The van der Waals surface area contributed by atoms with E-state index >= 15 is 13.2 Å². The largest absolute Gasteiger partial charge is 0.495 e. The highest BCUT2D eigenvalue weighted by molar-refractivity contribution is 9.09. The predicted molar refractivity (Wildman–Crippen MR) is 328 cm³/mol. The number of alkyl carbamates (subject to hydrolysis) is 1. The maximum Gasteiger partial charge on any atom is 0.418 e. The molecular weight excluding hydrogens is 1310 g/mol. The molecule has 2 aromatic carbocycles. The number of carbonyl (C=O) groups excluding carboxylic acids is 8. The maximum absolute atomic E-state index is 15.1. The number of amides is 7. The van der Waals surface area contributed by atoms with E-state index in [0.717, 1.165) is 17.7 Å². The van der Waals surface area contributed by atoms with Crippen LogP contribution in [0.2, 0.25) is 5.02 Å². The van der Waals surface area contributed by atoms with E-state index in [1.165, 1.54) is 33.1 Å². The lowest BCUT2D eigenvalue weighted by atomic mass is 9.83. The molecule has 23 nitrogen and oxygen atoms in total. The number of rotatable bonds is 24. The zero-order chi connectivity index (χ0) is 65.6. The molecule has 1 unspecified atom stereocenters. The molecule has 29 heteroatoms. The Morgan fingerprint density at radius 3 is 2.34 bits per heavy atom. The molecule has 7 amide bonds. The van der Waals surface area contributed by atoms with Crippen molar-refractivity contribution in [3.8, 4) is 5.75 Å². The Labute approximate surface area is 531 Å². The number of anilines is 3. The molecule has 4 bridgehead atoms. The molecule has 5 rings (SSSR count). The molecule has 0 aliphatic carbocycles. The maximum atomic E-state index is 15.1. The fourth-order valence-corrected chi connectivity index (χ4v) is 12.3. The van der Waals surface area contributed by atoms with Crippen LogP contribution in [-0.2, 0) is 60.3 Å². The van der Waals surface area contributed by atoms with Gasteiger partial charge in [0.25, 0.3) is 0 Å². The summed E-state index contributed by atoms with van der Waals surface area (Å²) >= 11 is 13.4. The van der Waals surface area contributed by atoms with Crippen LogP contribution in [0.4, 0.5) is 44.6 Å². The Morgan fingerprint density at radius 2 is 1.73 bits per heavy atom. The number of carbonyl (C=O) groups is 8. The first-order valence-corrected chi connectivity index (χ1v) is 31.1. The van der Waals surface area contributed by atoms with Crippen molar-refractivity contribution in [1.29, 1.82) is 0 Å². The van der Waals surface area contributed by atoms with Gasteiger partial charge in [0.05, 0.1) is 54.6 Å². The van der Waals surface area contributed by atoms with Crippen LogP contribution in [0.15, 0.2) is 54.1 Å². The van der Waals surface area contributed by atoms with E-state index in [2.05, 4.69) is 63.8 Å². The van der Waals surface area contributed by atoms with Crippen LogP contribution in [0.3, 0.4) is 0 Å². The second-order valence-corrected chi connectivity index (χ2v) is 24.9. The van der Waals surface area contributed by atoms with Crippen LogP contribution in [-0.4, -0.2) is 151 Å². The van der Waals surface area contributed by atoms with Crippen molar-refractivity contribution in [2.75, 3.05) is 54.0 Å². The minimum absolute atomic E-state index is 0.0167. The highest BCUT2D eigenvalue weighted by Gasteiger charge is 2.64. The van der Waals surface area contributed by atoms with E-state index in [0.29, 0.717) is 47.8 Å². The quantitative estimate of drug-likeness (QED) is 0.0122. The van der Waals surface area contributed by atoms with Gasteiger partial charge in [0.2, 0.25) is 17.7 Å². The molecule has 3 aliphatic heterocycles. The molecule has 2 saturated heterocycles. The molecule has 3 heterocycles. The second kappa shape index (κ2) is 31.6. The topological polar surface area (TPSA) is 317 Å². The lowest BCUT2D eigenvalue weighted by Gasteiger charge is -2.42. The van der Waals surface area contributed by atoms with Crippen molar-refractivity contribution in [2.45, 2.75) is 165 Å². The molecule has 0 saturated carbocycles. The van der Waals surface area contributed by atoms with Gasteiger partial charge in [0, 0.05) is 49.4 Å². The number of halogens is 6. The first-order chi connectivity index (χ1) is 41.2. The summed E-state index contributed by atoms with van der Waals surface area (Å²) in [5, 5.41) is 27.7. The summed E-state index contributed by atoms with van der Waals surface area (Å²) in [5.41, 5.74) is -0.121. The van der Waals surface area contributed by atoms with Gasteiger partial charge in [-0.05, 0) is 108 Å². The van der Waals surface area contributed by atoms with Gasteiger partial charge in [-0.1, -0.05) is 88.0 Å². The van der Waals surface area contributed by atoms with Crippen molar-refractivity contribution in [1.82, 2.24) is 21.3 Å². The molecule has 2 aromatic rings. The summed E-state index contributed by atoms with van der Waals surface area (Å²) in [6.45, 7) is 11.8. The molecule has 88 heavy (non-hydrogen) atoms. The number of fused-ring (bicyclic) bond motifs is 5. The van der Waals surface area contributed by atoms with E-state index in [9.17, 15) is 43.5 Å². The van der Waals surface area contributed by atoms with Crippen LogP contribution in [0, 0.1) is 17.8 Å². The number of aldehydes is 1. The summed E-state index contributed by atoms with van der Waals surface area (Å²) in [4.78, 5) is 107. The number of nitrogens with two attached hydrogens (primary N) is 1. The number of hydrogen-bond donors (Lipinski definition) is 8. The van der Waals surface area contributed by atoms with Crippen LogP contribution in [0.1, 0.15) is 105 Å². The third kappa shape index (κ3) is 19.7. The van der Waals surface area contributed by atoms with Gasteiger partial charge in [0.1, 0.15) is 52.6 Å². The third-order valence-corrected chi connectivity index (χ3v) is 17.5. The van der Waals surface area contributed by atoms with E-state index < -0.39 is 149 Å². The van der Waals surface area contributed by atoms with Crippen LogP contribution >= 0.6 is 43.5 Å². The second-order valence-electron chi connectivity index (χ2n) is 23.3. The number of ether oxygens (including phenoxy) is 6. The number of epoxide rings is 1. The molecule has 2 fully saturated rings. The Morgan fingerprint density at radius 1 is 1.03 bits per heavy atom. The summed E-state index contributed by atoms with van der Waals surface area (Å²) in [6, 6.07) is 1.43. The van der Waals surface area contributed by atoms with Gasteiger partial charge < -0.3 is 64.9 Å². The Bertz CT molecular complexity index is 2920. The zero-order valence-corrected chi connectivity index (χ0v) is 54.6. The smallest absolute Gasteiger partial charge is 0.418 e. The normalized spacial score (nSPS) is 24.4. The number of aliphatic hydroxyl groups is 1. The summed E-state index contributed by atoms with van der Waals surface area (Å²) in [6.07, 6.45) is -6.04. The van der Waals surface area contributed by atoms with E-state index in [4.69, 9.17) is 45.8 Å². The minimum atomic E-state index is -5.18. The minimum Gasteiger partial charge on any atom is -0.495 e. The highest BCUT2D eigenvalue weighted by Crippen LogP contribution is 2.49. The van der Waals surface area contributed by atoms with Gasteiger partial charge in [-0.25, -0.2) is 14.4 Å². The zero-order valence-electron chi connectivity index (χ0n) is 50.7. The van der Waals surface area contributed by atoms with Gasteiger partial charge in [-0.15, -0.1) is 0 Å². The van der Waals surface area contributed by atoms with E-state index in [-0.39, 0.29) is 48.7 Å². The van der Waals surface area contributed by atoms with Crippen molar-refractivity contribution in [3.63, 3.8) is 0 Å². The number of esters is 1. The molecule has 488 valence electrons. The summed E-state index contributed by atoms with van der Waals surface area (Å²) in [5.74, 6) is -4.34. The standard InChI is InChI=1S/C59H80Br2ClF3N8O15/c1-31(2)48(68-37(30-74)15-12-20-56(5,6)88-52(78)35(28-60)29-61)51(77)71-40(16-13-21-67-53(66)79)50(76)70-39-19-18-36(25-38(39)59(63,64)65)69-54(80)86-45-26-46(75)73(8)41-23-34(24-42(83-9)47(41)62)22-32(3)14-11-17-44(84-10)58(82)27-43(85-55(81)72-58)33(4)49-57(45,7)87-49/h11,14,17-19,23-25,30-31,33,35,37,40,43-45,48-49,68,82H,12-13,15-16,20-22,26-29H2,1-10H3,(H,69,80)(H,70,76)(H,71,77)(H,72,81)(H3,66,67,79)/b17-11+,32-14+/t33-,37?,40+,43+,44-,45+,48+,49+,57+,58+/m1/s1. The Kier molecular flexibility index (Phi) is 26.1. The molecule has 0 aromatic heterocycles. The van der Waals surface area contributed by atoms with Crippen molar-refractivity contribution in [3.05, 3.63) is 70.3 Å². The lowest BCUT2D eigenvalue weighted by molar-refractivity contribution is -0.160. The number of methoxy groups -OCH3 is 2. The number of nitrogens with one attached hydrogen (secondary N) is 6. The van der Waals surface area contributed by atoms with Crippen LogP contribution < -0.4 is 47.3 Å². The third-order valence-electron chi connectivity index (χ3n) is 15.5. The molecule has 9 N–H and O–H groups in total. The fourth-order valence-electron chi connectivity index (χ4n) is 10.4. The van der Waals surface area contributed by atoms with Crippen molar-refractivity contribution >= 4 is 109 Å². The molecule has 10 atom stereocenters. The number of urea groups is 1. The van der Waals surface area contributed by atoms with E-state index in [1.807, 2.05) is 6.92 Å². The molecule has 3 aliphatic rings. The Hall–Kier alpha value is -6.04. The van der Waals surface area contributed by atoms with Gasteiger partial charge in [0.15, 0.2) is 5.72 Å². The number of allylic oxidation sites excluding steroid dienone is 3. The van der Waals surface area contributed by atoms with Crippen LogP contribution in [0.25, 0.3) is 0 Å². The summed E-state index contributed by atoms with van der Waals surface area (Å²) < 4.78 is 80.0. The van der Waals surface area contributed by atoms with Crippen LogP contribution in [0.5, 0.6) is 5.75 Å². The van der Waals surface area contributed by atoms with Gasteiger partial charge in [-0.3, -0.25) is 35.1 Å². The molecule has 0 spiro atoms. The lowest BCUT2D eigenvalue weighted by Crippen LogP contribution is -2.63. The Balaban J connectivity index is 1.40. The highest BCUT2D eigenvalue weighted by atomic mass is 79.9. The number of primary amides is 1.